The Hall–Kier alpha value is -1.26. The molecule has 0 aromatic carbocycles. The molecule has 0 aliphatic heterocycles. The van der Waals surface area contributed by atoms with Crippen molar-refractivity contribution in [1.82, 2.24) is 5.32 Å². The summed E-state index contributed by atoms with van der Waals surface area (Å²) in [5, 5.41) is 2.25. The average Bonchev–Trinajstić information content (AvgIpc) is 2.03. The van der Waals surface area contributed by atoms with Gasteiger partial charge in [-0.25, -0.2) is 4.79 Å². The van der Waals surface area contributed by atoms with Crippen LogP contribution in [0.15, 0.2) is 0 Å². The monoisotopic (exact) mass is 189 g/mol. The first kappa shape index (κ1) is 11.7. The van der Waals surface area contributed by atoms with E-state index >= 15 is 0 Å². The molecule has 1 amide bonds. The van der Waals surface area contributed by atoms with Crippen LogP contribution in [-0.2, 0) is 14.3 Å². The van der Waals surface area contributed by atoms with Crippen LogP contribution >= 0.6 is 0 Å². The standard InChI is InChI=1S/C8H15NO4/c1-5(2)7(10)12-6(3)13-8(11)9-4/h5-6H,1-4H3,(H,9,11)/t6-/m1/s1. The molecule has 5 nitrogen and oxygen atoms in total. The molecule has 1 N–H and O–H groups in total. The molecule has 0 heterocycles. The molecule has 5 heteroatoms. The van der Waals surface area contributed by atoms with Crippen LogP contribution in [-0.4, -0.2) is 25.4 Å². The summed E-state index contributed by atoms with van der Waals surface area (Å²) in [7, 11) is 1.43. The summed E-state index contributed by atoms with van der Waals surface area (Å²) in [5.41, 5.74) is 0. The first-order chi connectivity index (χ1) is 5.97. The van der Waals surface area contributed by atoms with Crippen LogP contribution in [0.1, 0.15) is 20.8 Å². The van der Waals surface area contributed by atoms with E-state index in [1.165, 1.54) is 14.0 Å². The highest BCUT2D eigenvalue weighted by molar-refractivity contribution is 5.72. The molecule has 0 aliphatic rings. The third-order valence-corrected chi connectivity index (χ3v) is 1.23. The molecule has 0 saturated heterocycles. The SMILES string of the molecule is CNC(=O)O[C@H](C)OC(=O)C(C)C. The van der Waals surface area contributed by atoms with Crippen LogP contribution in [0.25, 0.3) is 0 Å². The summed E-state index contributed by atoms with van der Waals surface area (Å²) < 4.78 is 9.39. The van der Waals surface area contributed by atoms with Gasteiger partial charge < -0.3 is 14.8 Å². The fraction of sp³-hybridized carbons (Fsp3) is 0.750. The van der Waals surface area contributed by atoms with E-state index in [0.29, 0.717) is 0 Å². The number of hydrogen-bond donors (Lipinski definition) is 1. The molecule has 0 aromatic rings. The molecule has 1 atom stereocenters. The summed E-state index contributed by atoms with van der Waals surface area (Å²) in [6.07, 6.45) is -1.47. The van der Waals surface area contributed by atoms with Gasteiger partial charge in [-0.05, 0) is 0 Å². The molecule has 0 aromatic heterocycles. The van der Waals surface area contributed by atoms with Gasteiger partial charge in [0.1, 0.15) is 0 Å². The molecular weight excluding hydrogens is 174 g/mol. The van der Waals surface area contributed by atoms with Crippen molar-refractivity contribution >= 4 is 12.1 Å². The van der Waals surface area contributed by atoms with Crippen molar-refractivity contribution in [2.24, 2.45) is 5.92 Å². The second kappa shape index (κ2) is 5.40. The lowest BCUT2D eigenvalue weighted by atomic mass is 10.2. The molecule has 0 fully saturated rings. The normalized spacial score (nSPS) is 12.1. The van der Waals surface area contributed by atoms with Crippen LogP contribution in [0.2, 0.25) is 0 Å². The maximum atomic E-state index is 11.0. The zero-order valence-electron chi connectivity index (χ0n) is 8.29. The van der Waals surface area contributed by atoms with Gasteiger partial charge in [-0.3, -0.25) is 4.79 Å². The smallest absolute Gasteiger partial charge is 0.409 e. The zero-order chi connectivity index (χ0) is 10.4. The van der Waals surface area contributed by atoms with Crippen molar-refractivity contribution in [1.29, 1.82) is 0 Å². The molecule has 0 aliphatic carbocycles. The van der Waals surface area contributed by atoms with Crippen LogP contribution in [0.5, 0.6) is 0 Å². The number of esters is 1. The Labute approximate surface area is 77.4 Å². The predicted molar refractivity (Wildman–Crippen MR) is 45.9 cm³/mol. The first-order valence-electron chi connectivity index (χ1n) is 4.06. The molecule has 0 rings (SSSR count). The Kier molecular flexibility index (Phi) is 4.87. The van der Waals surface area contributed by atoms with Gasteiger partial charge in [-0.2, -0.15) is 0 Å². The van der Waals surface area contributed by atoms with Crippen molar-refractivity contribution in [2.75, 3.05) is 7.05 Å². The van der Waals surface area contributed by atoms with Crippen molar-refractivity contribution in [3.05, 3.63) is 0 Å². The largest absolute Gasteiger partial charge is 0.425 e. The lowest BCUT2D eigenvalue weighted by molar-refractivity contribution is -0.168. The van der Waals surface area contributed by atoms with Gasteiger partial charge in [0.15, 0.2) is 0 Å². The number of amides is 1. The highest BCUT2D eigenvalue weighted by Gasteiger charge is 2.15. The fourth-order valence-corrected chi connectivity index (χ4v) is 0.533. The van der Waals surface area contributed by atoms with Gasteiger partial charge in [0.2, 0.25) is 6.29 Å². The second-order valence-corrected chi connectivity index (χ2v) is 2.81. The number of ether oxygens (including phenoxy) is 2. The van der Waals surface area contributed by atoms with Gasteiger partial charge in [0, 0.05) is 14.0 Å². The predicted octanol–water partition coefficient (Wildman–Crippen LogP) is 0.888. The molecule has 0 unspecified atom stereocenters. The molecule has 0 spiro atoms. The van der Waals surface area contributed by atoms with Crippen molar-refractivity contribution in [3.8, 4) is 0 Å². The third kappa shape index (κ3) is 5.05. The number of alkyl carbamates (subject to hydrolysis) is 1. The van der Waals surface area contributed by atoms with Gasteiger partial charge in [-0.15, -0.1) is 0 Å². The number of rotatable bonds is 3. The summed E-state index contributed by atoms with van der Waals surface area (Å²) in [5.74, 6) is -0.618. The molecule has 0 saturated carbocycles. The average molecular weight is 189 g/mol. The summed E-state index contributed by atoms with van der Waals surface area (Å²) in [4.78, 5) is 21.6. The molecule has 13 heavy (non-hydrogen) atoms. The number of carbonyl (C=O) groups is 2. The summed E-state index contributed by atoms with van der Waals surface area (Å²) >= 11 is 0. The third-order valence-electron chi connectivity index (χ3n) is 1.23. The van der Waals surface area contributed by atoms with E-state index in [-0.39, 0.29) is 5.92 Å². The number of hydrogen-bond acceptors (Lipinski definition) is 4. The minimum Gasteiger partial charge on any atom is -0.425 e. The zero-order valence-corrected chi connectivity index (χ0v) is 8.29. The van der Waals surface area contributed by atoms with Gasteiger partial charge in [0.05, 0.1) is 5.92 Å². The van der Waals surface area contributed by atoms with Crippen molar-refractivity contribution < 1.29 is 19.1 Å². The minimum atomic E-state index is -0.852. The maximum Gasteiger partial charge on any atom is 0.409 e. The lowest BCUT2D eigenvalue weighted by Crippen LogP contribution is -2.28. The molecule has 0 bridgehead atoms. The molecular formula is C8H15NO4. The van der Waals surface area contributed by atoms with E-state index in [0.717, 1.165) is 0 Å². The lowest BCUT2D eigenvalue weighted by Gasteiger charge is -2.14. The quantitative estimate of drug-likeness (QED) is 0.529. The summed E-state index contributed by atoms with van der Waals surface area (Å²) in [6.45, 7) is 4.89. The molecule has 76 valence electrons. The van der Waals surface area contributed by atoms with Gasteiger partial charge >= 0.3 is 12.1 Å². The fourth-order valence-electron chi connectivity index (χ4n) is 0.533. The minimum absolute atomic E-state index is 0.226. The highest BCUT2D eigenvalue weighted by Crippen LogP contribution is 2.01. The Bertz CT molecular complexity index is 191. The van der Waals surface area contributed by atoms with E-state index < -0.39 is 18.4 Å². The van der Waals surface area contributed by atoms with Crippen molar-refractivity contribution in [3.63, 3.8) is 0 Å². The van der Waals surface area contributed by atoms with E-state index in [2.05, 4.69) is 10.1 Å². The van der Waals surface area contributed by atoms with E-state index in [1.54, 1.807) is 13.8 Å². The number of nitrogens with one attached hydrogen (secondary N) is 1. The number of carbonyl (C=O) groups excluding carboxylic acids is 2. The van der Waals surface area contributed by atoms with Crippen LogP contribution in [0, 0.1) is 5.92 Å². The highest BCUT2D eigenvalue weighted by atomic mass is 16.7. The summed E-state index contributed by atoms with van der Waals surface area (Å²) in [6, 6.07) is 0. The maximum absolute atomic E-state index is 11.0. The van der Waals surface area contributed by atoms with Crippen LogP contribution < -0.4 is 5.32 Å². The Morgan fingerprint density at radius 1 is 1.15 bits per heavy atom. The Morgan fingerprint density at radius 2 is 1.69 bits per heavy atom. The van der Waals surface area contributed by atoms with Crippen LogP contribution in [0.3, 0.4) is 0 Å². The molecule has 0 radical (unpaired) electrons. The van der Waals surface area contributed by atoms with E-state index in [1.807, 2.05) is 0 Å². The second-order valence-electron chi connectivity index (χ2n) is 2.81. The van der Waals surface area contributed by atoms with Gasteiger partial charge in [0.25, 0.3) is 0 Å². The Balaban J connectivity index is 3.80. The van der Waals surface area contributed by atoms with Crippen LogP contribution in [0.4, 0.5) is 4.79 Å². The topological polar surface area (TPSA) is 64.6 Å². The van der Waals surface area contributed by atoms with Crippen molar-refractivity contribution in [2.45, 2.75) is 27.1 Å². The van der Waals surface area contributed by atoms with E-state index in [9.17, 15) is 9.59 Å². The van der Waals surface area contributed by atoms with Gasteiger partial charge in [-0.1, -0.05) is 13.8 Å². The first-order valence-corrected chi connectivity index (χ1v) is 4.06. The Morgan fingerprint density at radius 3 is 2.08 bits per heavy atom. The van der Waals surface area contributed by atoms with E-state index in [4.69, 9.17) is 4.74 Å².